The van der Waals surface area contributed by atoms with Crippen molar-refractivity contribution in [2.75, 3.05) is 25.0 Å². The van der Waals surface area contributed by atoms with Crippen molar-refractivity contribution in [2.45, 2.75) is 25.9 Å². The number of hydrogen-bond donors (Lipinski definition) is 3. The van der Waals surface area contributed by atoms with Crippen molar-refractivity contribution in [3.63, 3.8) is 0 Å². The molecule has 1 aromatic rings. The maximum absolute atomic E-state index is 9.70. The van der Waals surface area contributed by atoms with Crippen molar-refractivity contribution in [3.8, 4) is 0 Å². The van der Waals surface area contributed by atoms with E-state index in [9.17, 15) is 5.11 Å². The van der Waals surface area contributed by atoms with Gasteiger partial charge in [0.2, 0.25) is 0 Å². The van der Waals surface area contributed by atoms with Crippen LogP contribution in [0.2, 0.25) is 0 Å². The molecule has 0 amide bonds. The Morgan fingerprint density at radius 3 is 2.96 bits per heavy atom. The van der Waals surface area contributed by atoms with E-state index in [4.69, 9.17) is 0 Å². The Balaban J connectivity index is 1.56. The fraction of sp³-hybridized carbons (Fsp3) is 0.467. The van der Waals surface area contributed by atoms with Gasteiger partial charge in [-0.2, -0.15) is 10.1 Å². The van der Waals surface area contributed by atoms with Crippen molar-refractivity contribution in [1.29, 1.82) is 0 Å². The van der Waals surface area contributed by atoms with Gasteiger partial charge in [0.25, 0.3) is 11.7 Å². The highest BCUT2D eigenvalue weighted by Crippen LogP contribution is 2.22. The van der Waals surface area contributed by atoms with Gasteiger partial charge in [-0.15, -0.1) is 0 Å². The van der Waals surface area contributed by atoms with E-state index in [-0.39, 0.29) is 6.10 Å². The molecule has 0 aromatic carbocycles. The summed E-state index contributed by atoms with van der Waals surface area (Å²) in [5.41, 5.74) is 1.01. The van der Waals surface area contributed by atoms with Crippen molar-refractivity contribution >= 4 is 11.7 Å². The lowest BCUT2D eigenvalue weighted by atomic mass is 10.1. The highest BCUT2D eigenvalue weighted by molar-refractivity contribution is 5.93. The molecule has 0 aliphatic carbocycles. The molecule has 3 N–H and O–H groups in total. The molecule has 0 spiro atoms. The second-order valence-electron chi connectivity index (χ2n) is 6.07. The zero-order valence-electron chi connectivity index (χ0n) is 13.1. The zero-order chi connectivity index (χ0) is 15.8. The number of aliphatic hydroxyl groups is 1. The van der Waals surface area contributed by atoms with Crippen LogP contribution in [0.15, 0.2) is 35.5 Å². The highest BCUT2D eigenvalue weighted by atomic mass is 16.3. The first kappa shape index (κ1) is 14.4. The second-order valence-corrected chi connectivity index (χ2v) is 6.07. The number of hydrogen-bond acceptors (Lipinski definition) is 7. The third kappa shape index (κ3) is 2.88. The van der Waals surface area contributed by atoms with Crippen molar-refractivity contribution in [2.24, 2.45) is 4.99 Å². The molecular weight excluding hydrogens is 294 g/mol. The summed E-state index contributed by atoms with van der Waals surface area (Å²) in [6, 6.07) is 1.97. The number of aryl methyl sites for hydroxylation is 1. The average Bonchev–Trinajstić information content (AvgIpc) is 3.17. The molecule has 121 valence electrons. The lowest BCUT2D eigenvalue weighted by molar-refractivity contribution is -0.0249. The second kappa shape index (κ2) is 5.80. The summed E-state index contributed by atoms with van der Waals surface area (Å²) in [5, 5.41) is 24.7. The number of aliphatic imine (C=N–C) groups is 1. The van der Waals surface area contributed by atoms with E-state index in [0.29, 0.717) is 0 Å². The minimum absolute atomic E-state index is 0.174. The van der Waals surface area contributed by atoms with Crippen molar-refractivity contribution in [1.82, 2.24) is 25.1 Å². The van der Waals surface area contributed by atoms with Gasteiger partial charge in [-0.25, -0.2) is 5.01 Å². The molecule has 1 radical (unpaired) electrons. The van der Waals surface area contributed by atoms with E-state index in [0.717, 1.165) is 55.6 Å². The predicted molar refractivity (Wildman–Crippen MR) is 87.3 cm³/mol. The fourth-order valence-corrected chi connectivity index (χ4v) is 3.06. The Morgan fingerprint density at radius 1 is 1.39 bits per heavy atom. The smallest absolute Gasteiger partial charge is 0.285 e. The summed E-state index contributed by atoms with van der Waals surface area (Å²) in [7, 11) is 0. The first-order valence-corrected chi connectivity index (χ1v) is 7.92. The standard InChI is InChI=1S/C15H21N7O/c1-11-8-13(19-18-11)17-15-10-21(9-14-16-4-7-22(14)15)20-5-2-12(23)3-6-20/h4,7-8,10,12,23H,2-3,5-6,9H2,1H3,(H2,17,18,19)/q+1. The summed E-state index contributed by atoms with van der Waals surface area (Å²) in [5.74, 6) is 2.68. The minimum Gasteiger partial charge on any atom is -0.393 e. The number of aromatic amines is 1. The van der Waals surface area contributed by atoms with Crippen LogP contribution in [0.25, 0.3) is 0 Å². The highest BCUT2D eigenvalue weighted by Gasteiger charge is 2.39. The van der Waals surface area contributed by atoms with Gasteiger partial charge in [-0.3, -0.25) is 15.4 Å². The topological polar surface area (TPSA) is 85.7 Å². The van der Waals surface area contributed by atoms with Crippen LogP contribution in [0.3, 0.4) is 0 Å². The van der Waals surface area contributed by atoms with Crippen LogP contribution >= 0.6 is 0 Å². The summed E-state index contributed by atoms with van der Waals surface area (Å²) in [6.45, 7) is 4.41. The number of hydrazine groups is 1. The van der Waals surface area contributed by atoms with Crippen LogP contribution in [0.1, 0.15) is 18.5 Å². The predicted octanol–water partition coefficient (Wildman–Crippen LogP) is 0.640. The van der Waals surface area contributed by atoms with Gasteiger partial charge in [-0.05, 0) is 24.7 Å². The van der Waals surface area contributed by atoms with Crippen molar-refractivity contribution in [3.05, 3.63) is 36.2 Å². The van der Waals surface area contributed by atoms with Crippen LogP contribution in [0.5, 0.6) is 0 Å². The number of aromatic nitrogens is 2. The number of H-pyrrole nitrogens is 1. The molecule has 1 fully saturated rings. The molecule has 1 saturated heterocycles. The lowest BCUT2D eigenvalue weighted by Gasteiger charge is -2.38. The number of nitrogens with one attached hydrogen (secondary N) is 2. The van der Waals surface area contributed by atoms with E-state index in [1.165, 1.54) is 0 Å². The number of piperidine rings is 1. The van der Waals surface area contributed by atoms with Gasteiger partial charge >= 0.3 is 0 Å². The molecule has 0 atom stereocenters. The number of rotatable bonds is 3. The van der Waals surface area contributed by atoms with Crippen molar-refractivity contribution < 1.29 is 5.11 Å². The summed E-state index contributed by atoms with van der Waals surface area (Å²) in [6.07, 6.45) is 7.28. The molecule has 8 heteroatoms. The molecule has 23 heavy (non-hydrogen) atoms. The van der Waals surface area contributed by atoms with Gasteiger partial charge < -0.3 is 5.11 Å². The molecule has 3 aliphatic rings. The van der Waals surface area contributed by atoms with E-state index >= 15 is 0 Å². The number of anilines is 1. The van der Waals surface area contributed by atoms with E-state index in [2.05, 4.69) is 36.7 Å². The molecule has 0 bridgehead atoms. The van der Waals surface area contributed by atoms with Crippen LogP contribution in [0.4, 0.5) is 5.82 Å². The number of fused-ring (bicyclic) bond motifs is 1. The fourth-order valence-electron chi connectivity index (χ4n) is 3.06. The molecule has 3 aliphatic heterocycles. The third-order valence-electron chi connectivity index (χ3n) is 4.32. The van der Waals surface area contributed by atoms with Gasteiger partial charge in [0.1, 0.15) is 12.7 Å². The normalized spacial score (nSPS) is 23.0. The minimum atomic E-state index is -0.174. The Bertz CT molecular complexity index is 669. The third-order valence-corrected chi connectivity index (χ3v) is 4.32. The molecule has 4 rings (SSSR count). The van der Waals surface area contributed by atoms with Gasteiger partial charge in [-0.1, -0.05) is 0 Å². The molecule has 0 saturated carbocycles. The lowest BCUT2D eigenvalue weighted by Crippen LogP contribution is -2.53. The number of amidine groups is 1. The molecule has 8 nitrogen and oxygen atoms in total. The summed E-state index contributed by atoms with van der Waals surface area (Å²) < 4.78 is 0. The molecular formula is C15H21N7O+. The molecule has 4 heterocycles. The number of aliphatic hydroxyl groups excluding tert-OH is 1. The SMILES string of the molecule is Cc1cc(NC2=CN(N3CCC(O)CC3)CC3=NC=C[N+]23)n[nH]1. The van der Waals surface area contributed by atoms with E-state index in [1.54, 1.807) is 0 Å². The largest absolute Gasteiger partial charge is 0.393 e. The van der Waals surface area contributed by atoms with Gasteiger partial charge in [0.05, 0.1) is 12.3 Å². The average molecular weight is 315 g/mol. The van der Waals surface area contributed by atoms with Crippen LogP contribution in [0, 0.1) is 6.92 Å². The first-order chi connectivity index (χ1) is 11.2. The van der Waals surface area contributed by atoms with E-state index in [1.807, 2.05) is 30.3 Å². The summed E-state index contributed by atoms with van der Waals surface area (Å²) >= 11 is 0. The maximum atomic E-state index is 9.70. The van der Waals surface area contributed by atoms with Crippen LogP contribution in [-0.4, -0.2) is 56.9 Å². The molecule has 0 unspecified atom stereocenters. The first-order valence-electron chi connectivity index (χ1n) is 7.92. The van der Waals surface area contributed by atoms with Gasteiger partial charge in [0, 0.05) is 24.8 Å². The summed E-state index contributed by atoms with van der Waals surface area (Å²) in [4.78, 5) is 6.49. The Morgan fingerprint density at radius 2 is 2.22 bits per heavy atom. The Labute approximate surface area is 134 Å². The Hall–Kier alpha value is -2.16. The Kier molecular flexibility index (Phi) is 3.64. The van der Waals surface area contributed by atoms with Crippen LogP contribution < -0.4 is 10.2 Å². The number of nitrogens with zero attached hydrogens (tertiary/aromatic N) is 5. The zero-order valence-corrected chi connectivity index (χ0v) is 13.1. The maximum Gasteiger partial charge on any atom is 0.285 e. The monoisotopic (exact) mass is 315 g/mol. The van der Waals surface area contributed by atoms with E-state index < -0.39 is 0 Å². The molecule has 1 aromatic heterocycles. The van der Waals surface area contributed by atoms with Gasteiger partial charge in [0.15, 0.2) is 12.0 Å². The quantitative estimate of drug-likeness (QED) is 0.713. The van der Waals surface area contributed by atoms with Crippen LogP contribution in [-0.2, 0) is 0 Å².